The van der Waals surface area contributed by atoms with E-state index in [2.05, 4.69) is 38.6 Å². The minimum atomic E-state index is 0.433. The summed E-state index contributed by atoms with van der Waals surface area (Å²) in [6.07, 6.45) is 6.21. The van der Waals surface area contributed by atoms with Crippen molar-refractivity contribution in [1.29, 1.82) is 0 Å². The van der Waals surface area contributed by atoms with Gasteiger partial charge in [0.15, 0.2) is 0 Å². The molecule has 0 bridgehead atoms. The van der Waals surface area contributed by atoms with Crippen molar-refractivity contribution in [2.45, 2.75) is 52.0 Å². The van der Waals surface area contributed by atoms with Gasteiger partial charge in [-0.05, 0) is 56.6 Å². The van der Waals surface area contributed by atoms with Gasteiger partial charge >= 0.3 is 0 Å². The minimum Gasteiger partial charge on any atom is -0.327 e. The fourth-order valence-corrected chi connectivity index (χ4v) is 3.11. The van der Waals surface area contributed by atoms with Crippen LogP contribution in [-0.2, 0) is 6.42 Å². The molecule has 1 aromatic rings. The molecule has 1 unspecified atom stereocenters. The van der Waals surface area contributed by atoms with Crippen LogP contribution in [0.4, 0.5) is 0 Å². The molecular formula is C17H25N. The molecule has 0 aromatic heterocycles. The molecule has 1 heteroatoms. The maximum absolute atomic E-state index is 6.15. The third kappa shape index (κ3) is 3.02. The van der Waals surface area contributed by atoms with Crippen molar-refractivity contribution in [3.05, 3.63) is 41.5 Å². The summed E-state index contributed by atoms with van der Waals surface area (Å²) in [5.41, 5.74) is 11.4. The molecular weight excluding hydrogens is 218 g/mol. The van der Waals surface area contributed by atoms with Gasteiger partial charge in [0.2, 0.25) is 0 Å². The number of rotatable bonds is 4. The zero-order valence-corrected chi connectivity index (χ0v) is 11.7. The summed E-state index contributed by atoms with van der Waals surface area (Å²) in [7, 11) is 0. The summed E-state index contributed by atoms with van der Waals surface area (Å²) in [6, 6.07) is 7.13. The molecule has 1 saturated carbocycles. The SMILES string of the molecule is C=C(C)c1ccc(C)cc1CC[C@@H]1CCCC1N. The number of allylic oxidation sites excluding steroid dienone is 1. The number of nitrogens with two attached hydrogens (primary N) is 1. The van der Waals surface area contributed by atoms with E-state index in [0.717, 1.165) is 12.3 Å². The van der Waals surface area contributed by atoms with Gasteiger partial charge in [-0.1, -0.05) is 42.3 Å². The number of hydrogen-bond acceptors (Lipinski definition) is 1. The standard InChI is InChI=1S/C17H25N/c1-12(2)16-10-7-13(3)11-15(16)9-8-14-5-4-6-17(14)18/h7,10-11,14,17H,1,4-6,8-9,18H2,2-3H3/t14-,17?/m0/s1. The van der Waals surface area contributed by atoms with Crippen molar-refractivity contribution < 1.29 is 0 Å². The molecule has 0 saturated heterocycles. The van der Waals surface area contributed by atoms with Gasteiger partial charge in [0.1, 0.15) is 0 Å². The van der Waals surface area contributed by atoms with Gasteiger partial charge in [-0.2, -0.15) is 0 Å². The van der Waals surface area contributed by atoms with E-state index in [1.165, 1.54) is 47.9 Å². The molecule has 0 spiro atoms. The lowest BCUT2D eigenvalue weighted by atomic mass is 9.91. The quantitative estimate of drug-likeness (QED) is 0.847. The molecule has 1 aromatic carbocycles. The van der Waals surface area contributed by atoms with Crippen molar-refractivity contribution in [3.63, 3.8) is 0 Å². The van der Waals surface area contributed by atoms with E-state index in [1.807, 2.05) is 0 Å². The predicted octanol–water partition coefficient (Wildman–Crippen LogP) is 4.09. The largest absolute Gasteiger partial charge is 0.327 e. The van der Waals surface area contributed by atoms with Crippen LogP contribution in [0.2, 0.25) is 0 Å². The van der Waals surface area contributed by atoms with Crippen molar-refractivity contribution in [2.75, 3.05) is 0 Å². The lowest BCUT2D eigenvalue weighted by Crippen LogP contribution is -2.24. The third-order valence-electron chi connectivity index (χ3n) is 4.22. The average molecular weight is 243 g/mol. The van der Waals surface area contributed by atoms with E-state index in [1.54, 1.807) is 0 Å². The first kappa shape index (κ1) is 13.4. The molecule has 98 valence electrons. The third-order valence-corrected chi connectivity index (χ3v) is 4.22. The molecule has 0 heterocycles. The Bertz CT molecular complexity index is 433. The highest BCUT2D eigenvalue weighted by Crippen LogP contribution is 2.29. The van der Waals surface area contributed by atoms with Gasteiger partial charge in [-0.3, -0.25) is 0 Å². The Morgan fingerprint density at radius 3 is 2.78 bits per heavy atom. The van der Waals surface area contributed by atoms with E-state index in [0.29, 0.717) is 6.04 Å². The first-order valence-electron chi connectivity index (χ1n) is 7.09. The van der Waals surface area contributed by atoms with E-state index in [9.17, 15) is 0 Å². The molecule has 1 nitrogen and oxygen atoms in total. The maximum atomic E-state index is 6.15. The molecule has 0 amide bonds. The van der Waals surface area contributed by atoms with Gasteiger partial charge in [0.25, 0.3) is 0 Å². The summed E-state index contributed by atoms with van der Waals surface area (Å²) in [5, 5.41) is 0. The fourth-order valence-electron chi connectivity index (χ4n) is 3.11. The van der Waals surface area contributed by atoms with Crippen LogP contribution in [0.3, 0.4) is 0 Å². The van der Waals surface area contributed by atoms with Crippen LogP contribution >= 0.6 is 0 Å². The van der Waals surface area contributed by atoms with Crippen molar-refractivity contribution in [3.8, 4) is 0 Å². The average Bonchev–Trinajstić information content (AvgIpc) is 2.72. The molecule has 18 heavy (non-hydrogen) atoms. The number of hydrogen-bond donors (Lipinski definition) is 1. The molecule has 0 radical (unpaired) electrons. The molecule has 1 fully saturated rings. The number of benzene rings is 1. The van der Waals surface area contributed by atoms with Crippen LogP contribution < -0.4 is 5.73 Å². The Morgan fingerprint density at radius 2 is 2.17 bits per heavy atom. The Morgan fingerprint density at radius 1 is 1.39 bits per heavy atom. The lowest BCUT2D eigenvalue weighted by molar-refractivity contribution is 0.447. The van der Waals surface area contributed by atoms with Crippen LogP contribution in [0.15, 0.2) is 24.8 Å². The van der Waals surface area contributed by atoms with Crippen LogP contribution in [0.1, 0.15) is 49.3 Å². The lowest BCUT2D eigenvalue weighted by Gasteiger charge is -2.17. The van der Waals surface area contributed by atoms with E-state index in [4.69, 9.17) is 5.73 Å². The first-order chi connectivity index (χ1) is 8.58. The molecule has 0 aliphatic heterocycles. The molecule has 2 atom stereocenters. The zero-order chi connectivity index (χ0) is 13.1. The van der Waals surface area contributed by atoms with E-state index >= 15 is 0 Å². The molecule has 2 rings (SSSR count). The Labute approximate surface area is 111 Å². The second kappa shape index (κ2) is 5.71. The normalized spacial score (nSPS) is 23.3. The molecule has 1 aliphatic carbocycles. The van der Waals surface area contributed by atoms with Gasteiger partial charge < -0.3 is 5.73 Å². The summed E-state index contributed by atoms with van der Waals surface area (Å²) < 4.78 is 0. The molecule has 2 N–H and O–H groups in total. The smallest absolute Gasteiger partial charge is 0.00672 e. The van der Waals surface area contributed by atoms with Gasteiger partial charge in [-0.25, -0.2) is 0 Å². The van der Waals surface area contributed by atoms with Crippen molar-refractivity contribution in [2.24, 2.45) is 11.7 Å². The predicted molar refractivity (Wildman–Crippen MR) is 79.5 cm³/mol. The monoisotopic (exact) mass is 243 g/mol. The van der Waals surface area contributed by atoms with Gasteiger partial charge in [0, 0.05) is 6.04 Å². The van der Waals surface area contributed by atoms with Crippen molar-refractivity contribution in [1.82, 2.24) is 0 Å². The maximum Gasteiger partial charge on any atom is 0.00672 e. The van der Waals surface area contributed by atoms with Crippen LogP contribution in [0.5, 0.6) is 0 Å². The summed E-state index contributed by atoms with van der Waals surface area (Å²) >= 11 is 0. The summed E-state index contributed by atoms with van der Waals surface area (Å²) in [6.45, 7) is 8.34. The first-order valence-corrected chi connectivity index (χ1v) is 7.09. The second-order valence-corrected chi connectivity index (χ2v) is 5.83. The Balaban J connectivity index is 2.08. The summed E-state index contributed by atoms with van der Waals surface area (Å²) in [4.78, 5) is 0. The van der Waals surface area contributed by atoms with Gasteiger partial charge in [-0.15, -0.1) is 0 Å². The fraction of sp³-hybridized carbons (Fsp3) is 0.529. The van der Waals surface area contributed by atoms with Crippen LogP contribution in [-0.4, -0.2) is 6.04 Å². The Hall–Kier alpha value is -1.08. The van der Waals surface area contributed by atoms with Crippen molar-refractivity contribution >= 4 is 5.57 Å². The van der Waals surface area contributed by atoms with E-state index in [-0.39, 0.29) is 0 Å². The topological polar surface area (TPSA) is 26.0 Å². The highest BCUT2D eigenvalue weighted by molar-refractivity contribution is 5.65. The second-order valence-electron chi connectivity index (χ2n) is 5.83. The zero-order valence-electron chi connectivity index (χ0n) is 11.7. The van der Waals surface area contributed by atoms with E-state index < -0.39 is 0 Å². The Kier molecular flexibility index (Phi) is 4.23. The highest BCUT2D eigenvalue weighted by atomic mass is 14.7. The highest BCUT2D eigenvalue weighted by Gasteiger charge is 2.23. The van der Waals surface area contributed by atoms with Gasteiger partial charge in [0.05, 0.1) is 0 Å². The molecule has 1 aliphatic rings. The van der Waals surface area contributed by atoms with Crippen LogP contribution in [0, 0.1) is 12.8 Å². The number of aryl methyl sites for hydroxylation is 2. The minimum absolute atomic E-state index is 0.433. The van der Waals surface area contributed by atoms with Crippen LogP contribution in [0.25, 0.3) is 5.57 Å². The summed E-state index contributed by atoms with van der Waals surface area (Å²) in [5.74, 6) is 0.725.